The van der Waals surface area contributed by atoms with E-state index in [1.165, 1.54) is 0 Å². The zero-order valence-electron chi connectivity index (χ0n) is 16.8. The lowest BCUT2D eigenvalue weighted by Gasteiger charge is -2.16. The molecular weight excluding hydrogens is 384 g/mol. The van der Waals surface area contributed by atoms with Crippen LogP contribution in [0.4, 0.5) is 0 Å². The molecule has 31 heavy (non-hydrogen) atoms. The number of hydrogen-bond acceptors (Lipinski definition) is 4. The Morgan fingerprint density at radius 3 is 2.52 bits per heavy atom. The predicted octanol–water partition coefficient (Wildman–Crippen LogP) is 4.81. The molecule has 1 aliphatic heterocycles. The Hall–Kier alpha value is -4.32. The monoisotopic (exact) mass is 404 g/mol. The molecule has 3 heterocycles. The average molecular weight is 404 g/mol. The Morgan fingerprint density at radius 2 is 1.74 bits per heavy atom. The maximum Gasteiger partial charge on any atom is 0.182 e. The molecule has 0 atom stereocenters. The van der Waals surface area contributed by atoms with E-state index in [1.54, 1.807) is 4.52 Å². The molecule has 0 N–H and O–H groups in total. The summed E-state index contributed by atoms with van der Waals surface area (Å²) in [6.45, 7) is 4.45. The van der Waals surface area contributed by atoms with Crippen LogP contribution in [-0.2, 0) is 0 Å². The van der Waals surface area contributed by atoms with Gasteiger partial charge in [0, 0.05) is 23.5 Å². The number of nitrogens with zero attached hydrogens (tertiary/aromatic N) is 6. The number of allylic oxidation sites excluding steroid dienone is 2. The number of pyridine rings is 1. The van der Waals surface area contributed by atoms with Gasteiger partial charge in [-0.25, -0.2) is 14.5 Å². The SMILES string of the molecule is C=N/C(=N\N1C=CC=CC1)c1cc(-c2ccccc2)cc(-c2nc3ccccn3n2)c1. The number of fused-ring (bicyclic) bond motifs is 1. The molecule has 150 valence electrons. The molecule has 0 fully saturated rings. The molecule has 0 amide bonds. The van der Waals surface area contributed by atoms with Crippen molar-refractivity contribution in [2.24, 2.45) is 10.1 Å². The summed E-state index contributed by atoms with van der Waals surface area (Å²) < 4.78 is 1.77. The fraction of sp³-hybridized carbons (Fsp3) is 0.0400. The molecule has 5 rings (SSSR count). The highest BCUT2D eigenvalue weighted by atomic mass is 15.5. The lowest BCUT2D eigenvalue weighted by molar-refractivity contribution is 0.439. The van der Waals surface area contributed by atoms with Gasteiger partial charge in [-0.1, -0.05) is 48.6 Å². The molecule has 0 bridgehead atoms. The van der Waals surface area contributed by atoms with Crippen molar-refractivity contribution in [1.82, 2.24) is 19.6 Å². The Labute approximate surface area is 180 Å². The van der Waals surface area contributed by atoms with Crippen molar-refractivity contribution in [3.05, 3.63) is 103 Å². The van der Waals surface area contributed by atoms with Crippen molar-refractivity contribution in [1.29, 1.82) is 0 Å². The van der Waals surface area contributed by atoms with Gasteiger partial charge in [-0.3, -0.25) is 5.01 Å². The van der Waals surface area contributed by atoms with Gasteiger partial charge in [-0.05, 0) is 54.3 Å². The van der Waals surface area contributed by atoms with Crippen LogP contribution in [0.3, 0.4) is 0 Å². The maximum absolute atomic E-state index is 4.69. The summed E-state index contributed by atoms with van der Waals surface area (Å²) in [5.74, 6) is 1.19. The van der Waals surface area contributed by atoms with E-state index in [-0.39, 0.29) is 0 Å². The molecule has 0 radical (unpaired) electrons. The molecule has 4 aromatic rings. The van der Waals surface area contributed by atoms with Crippen molar-refractivity contribution >= 4 is 18.2 Å². The molecule has 0 spiro atoms. The third-order valence-corrected chi connectivity index (χ3v) is 4.97. The van der Waals surface area contributed by atoms with Crippen molar-refractivity contribution in [2.75, 3.05) is 6.54 Å². The first-order valence-corrected chi connectivity index (χ1v) is 9.98. The smallest absolute Gasteiger partial charge is 0.182 e. The van der Waals surface area contributed by atoms with Crippen molar-refractivity contribution in [2.45, 2.75) is 0 Å². The second-order valence-corrected chi connectivity index (χ2v) is 7.08. The molecule has 1 aliphatic rings. The minimum Gasteiger partial charge on any atom is -0.267 e. The number of amidine groups is 1. The second kappa shape index (κ2) is 8.20. The largest absolute Gasteiger partial charge is 0.267 e. The van der Waals surface area contributed by atoms with E-state index in [1.807, 2.05) is 78.1 Å². The van der Waals surface area contributed by atoms with Gasteiger partial charge in [0.2, 0.25) is 0 Å². The van der Waals surface area contributed by atoms with Gasteiger partial charge >= 0.3 is 0 Å². The van der Waals surface area contributed by atoms with E-state index < -0.39 is 0 Å². The molecule has 0 saturated carbocycles. The number of benzene rings is 2. The number of aliphatic imine (C=N–C) groups is 1. The fourth-order valence-corrected chi connectivity index (χ4v) is 3.47. The number of hydrazone groups is 1. The van der Waals surface area contributed by atoms with Crippen molar-refractivity contribution < 1.29 is 0 Å². The minimum absolute atomic E-state index is 0.544. The lowest BCUT2D eigenvalue weighted by atomic mass is 9.99. The lowest BCUT2D eigenvalue weighted by Crippen LogP contribution is -2.15. The summed E-state index contributed by atoms with van der Waals surface area (Å²) in [6, 6.07) is 22.2. The van der Waals surface area contributed by atoms with Crippen LogP contribution in [0.1, 0.15) is 5.56 Å². The zero-order valence-corrected chi connectivity index (χ0v) is 16.8. The minimum atomic E-state index is 0.544. The van der Waals surface area contributed by atoms with Crippen LogP contribution in [0.25, 0.3) is 28.2 Å². The highest BCUT2D eigenvalue weighted by Crippen LogP contribution is 2.28. The second-order valence-electron chi connectivity index (χ2n) is 7.08. The van der Waals surface area contributed by atoms with Gasteiger partial charge in [0.1, 0.15) is 0 Å². The van der Waals surface area contributed by atoms with Crippen LogP contribution in [0.2, 0.25) is 0 Å². The average Bonchev–Trinajstić information content (AvgIpc) is 3.28. The summed E-state index contributed by atoms with van der Waals surface area (Å²) in [6.07, 6.45) is 9.78. The summed E-state index contributed by atoms with van der Waals surface area (Å²) in [5, 5.41) is 11.2. The quantitative estimate of drug-likeness (QED) is 0.362. The molecule has 0 saturated heterocycles. The Bertz CT molecular complexity index is 1300. The van der Waals surface area contributed by atoms with Crippen LogP contribution in [0, 0.1) is 0 Å². The van der Waals surface area contributed by atoms with Gasteiger partial charge in [0.05, 0.1) is 6.54 Å². The first kappa shape index (κ1) is 18.7. The fourth-order valence-electron chi connectivity index (χ4n) is 3.47. The van der Waals surface area contributed by atoms with Gasteiger partial charge in [0.15, 0.2) is 17.3 Å². The summed E-state index contributed by atoms with van der Waals surface area (Å²) in [4.78, 5) is 8.91. The predicted molar refractivity (Wildman–Crippen MR) is 125 cm³/mol. The molecule has 2 aromatic carbocycles. The van der Waals surface area contributed by atoms with Gasteiger partial charge < -0.3 is 0 Å². The Balaban J connectivity index is 1.65. The van der Waals surface area contributed by atoms with Crippen LogP contribution in [-0.4, -0.2) is 38.7 Å². The van der Waals surface area contributed by atoms with E-state index in [4.69, 9.17) is 4.98 Å². The van der Waals surface area contributed by atoms with E-state index >= 15 is 0 Å². The summed E-state index contributed by atoms with van der Waals surface area (Å²) >= 11 is 0. The third-order valence-electron chi connectivity index (χ3n) is 4.97. The Kier molecular flexibility index (Phi) is 4.94. The molecule has 6 heteroatoms. The van der Waals surface area contributed by atoms with E-state index in [0.717, 1.165) is 27.9 Å². The van der Waals surface area contributed by atoms with Gasteiger partial charge in [-0.2, -0.15) is 5.10 Å². The number of hydrogen-bond donors (Lipinski definition) is 0. The van der Waals surface area contributed by atoms with E-state index in [2.05, 4.69) is 46.2 Å². The zero-order chi connectivity index (χ0) is 21.0. The van der Waals surface area contributed by atoms with Crippen molar-refractivity contribution in [3.8, 4) is 22.5 Å². The van der Waals surface area contributed by atoms with Gasteiger partial charge in [-0.15, -0.1) is 5.10 Å². The highest BCUT2D eigenvalue weighted by molar-refractivity contribution is 6.03. The summed E-state index contributed by atoms with van der Waals surface area (Å²) in [7, 11) is 0. The molecule has 2 aromatic heterocycles. The van der Waals surface area contributed by atoms with Crippen LogP contribution < -0.4 is 0 Å². The molecule has 6 nitrogen and oxygen atoms in total. The number of aromatic nitrogens is 3. The summed E-state index contributed by atoms with van der Waals surface area (Å²) in [5.41, 5.74) is 4.68. The van der Waals surface area contributed by atoms with Crippen molar-refractivity contribution in [3.63, 3.8) is 0 Å². The Morgan fingerprint density at radius 1 is 0.903 bits per heavy atom. The third kappa shape index (κ3) is 3.91. The normalized spacial score (nSPS) is 13.7. The first-order chi connectivity index (χ1) is 15.3. The highest BCUT2D eigenvalue weighted by Gasteiger charge is 2.13. The van der Waals surface area contributed by atoms with Gasteiger partial charge in [0.25, 0.3) is 0 Å². The molecular formula is C25H20N6. The number of rotatable bonds is 4. The topological polar surface area (TPSA) is 58.2 Å². The standard InChI is InChI=1S/C25H20N6/c1-26-24(28-30-13-7-3-8-14-30)21-16-20(19-10-4-2-5-11-19)17-22(18-21)25-27-23-12-6-9-15-31(23)29-25/h2-13,15-18H,1,14H2/b28-24-. The van der Waals surface area contributed by atoms with E-state index in [0.29, 0.717) is 18.2 Å². The molecule has 0 aliphatic carbocycles. The first-order valence-electron chi connectivity index (χ1n) is 9.98. The molecule has 0 unspecified atom stereocenters. The van der Waals surface area contributed by atoms with Crippen LogP contribution in [0.5, 0.6) is 0 Å². The maximum atomic E-state index is 4.69. The van der Waals surface area contributed by atoms with E-state index in [9.17, 15) is 0 Å². The van der Waals surface area contributed by atoms with Crippen LogP contribution >= 0.6 is 0 Å². The van der Waals surface area contributed by atoms with Crippen LogP contribution in [0.15, 0.2) is 107 Å².